The third-order valence-corrected chi connectivity index (χ3v) is 12.3. The van der Waals surface area contributed by atoms with Gasteiger partial charge in [0.15, 0.2) is 5.03 Å². The zero-order valence-corrected chi connectivity index (χ0v) is 40.9. The number of halogens is 1. The summed E-state index contributed by atoms with van der Waals surface area (Å²) in [4.78, 5) is 40.6. The number of anilines is 7. The molecular formula is C50H41FN14O9S. The fraction of sp³-hybridized carbons (Fsp3) is 0.180. The molecule has 1 aliphatic rings. The normalized spacial score (nSPS) is 12.3. The Morgan fingerprint density at radius 3 is 1.77 bits per heavy atom. The molecule has 0 spiro atoms. The summed E-state index contributed by atoms with van der Waals surface area (Å²) >= 11 is 0.433. The highest BCUT2D eigenvalue weighted by Gasteiger charge is 2.30. The van der Waals surface area contributed by atoms with Crippen LogP contribution in [-0.2, 0) is 13.1 Å². The molecule has 5 N–H and O–H groups in total. The summed E-state index contributed by atoms with van der Waals surface area (Å²) in [6.45, 7) is 0.404. The molecule has 5 aromatic carbocycles. The number of thioether (sulfide) groups is 1. The van der Waals surface area contributed by atoms with E-state index in [2.05, 4.69) is 58.7 Å². The number of rotatable bonds is 20. The number of methoxy groups -OCH3 is 4. The lowest BCUT2D eigenvalue weighted by Gasteiger charge is -2.27. The monoisotopic (exact) mass is 1030 g/mol. The van der Waals surface area contributed by atoms with E-state index >= 15 is 0 Å². The van der Waals surface area contributed by atoms with Crippen molar-refractivity contribution in [3.8, 4) is 57.4 Å². The van der Waals surface area contributed by atoms with Gasteiger partial charge in [-0.2, -0.15) is 25.8 Å². The average Bonchev–Trinajstić information content (AvgIpc) is 3.42. The number of ether oxygens (including phenoxy) is 5. The first kappa shape index (κ1) is 51.2. The second-order valence-electron chi connectivity index (χ2n) is 15.9. The second kappa shape index (κ2) is 22.9. The van der Waals surface area contributed by atoms with Crippen molar-refractivity contribution in [2.24, 2.45) is 0 Å². The van der Waals surface area contributed by atoms with Gasteiger partial charge in [-0.05, 0) is 66.7 Å². The molecule has 23 nitrogen and oxygen atoms in total. The SMILES string of the molecule is COc1ccc(CNc2ccc(C#N)c(-c3c(C#N)ccc(NCc4ccc(OC)cc4OC)c3Nc3ncc([N+](=O)[O-])c(SC#N)n3)c2Nc2ncc([N+](=O)[O-])c(N[C@@H]3CCOc4ccc(F)cc43)n2)c(OC)c1. The Bertz CT molecular complexity index is 3500. The maximum absolute atomic E-state index is 14.6. The summed E-state index contributed by atoms with van der Waals surface area (Å²) in [5.41, 5.74) is 1.55. The molecule has 0 bridgehead atoms. The van der Waals surface area contributed by atoms with Crippen molar-refractivity contribution in [2.75, 3.05) is 61.6 Å². The number of benzene rings is 5. The van der Waals surface area contributed by atoms with Crippen molar-refractivity contribution < 1.29 is 37.9 Å². The van der Waals surface area contributed by atoms with Crippen molar-refractivity contribution in [3.05, 3.63) is 145 Å². The van der Waals surface area contributed by atoms with E-state index in [1.165, 1.54) is 58.8 Å². The van der Waals surface area contributed by atoms with E-state index in [1.807, 2.05) is 0 Å². The molecular weight excluding hydrogens is 992 g/mol. The van der Waals surface area contributed by atoms with E-state index < -0.39 is 33.1 Å². The van der Waals surface area contributed by atoms with Gasteiger partial charge in [0.2, 0.25) is 17.7 Å². The van der Waals surface area contributed by atoms with E-state index in [4.69, 9.17) is 23.7 Å². The van der Waals surface area contributed by atoms with Crippen LogP contribution in [0.3, 0.4) is 0 Å². The van der Waals surface area contributed by atoms with Crippen molar-refractivity contribution in [1.82, 2.24) is 19.9 Å². The van der Waals surface area contributed by atoms with Crippen LogP contribution >= 0.6 is 11.8 Å². The zero-order valence-electron chi connectivity index (χ0n) is 40.1. The molecule has 8 rings (SSSR count). The Morgan fingerprint density at radius 2 is 1.27 bits per heavy atom. The van der Waals surface area contributed by atoms with Gasteiger partial charge in [0.1, 0.15) is 52.4 Å². The number of hydrogen-bond donors (Lipinski definition) is 5. The summed E-state index contributed by atoms with van der Waals surface area (Å²) in [5.74, 6) is 1.15. The van der Waals surface area contributed by atoms with Gasteiger partial charge in [0.05, 0.1) is 96.9 Å². The van der Waals surface area contributed by atoms with E-state index in [1.54, 1.807) is 53.9 Å². The van der Waals surface area contributed by atoms with Gasteiger partial charge in [-0.1, -0.05) is 0 Å². The topological polar surface area (TPSA) is 316 Å². The smallest absolute Gasteiger partial charge is 0.329 e. The minimum Gasteiger partial charge on any atom is -0.497 e. The van der Waals surface area contributed by atoms with E-state index in [9.17, 15) is 40.4 Å². The molecule has 3 heterocycles. The number of nitrogens with one attached hydrogen (secondary N) is 5. The number of nitriles is 3. The molecule has 0 amide bonds. The fourth-order valence-corrected chi connectivity index (χ4v) is 8.54. The van der Waals surface area contributed by atoms with Crippen molar-refractivity contribution in [3.63, 3.8) is 0 Å². The number of fused-ring (bicyclic) bond motifs is 1. The third-order valence-electron chi connectivity index (χ3n) is 11.7. The predicted molar refractivity (Wildman–Crippen MR) is 273 cm³/mol. The highest BCUT2D eigenvalue weighted by Crippen LogP contribution is 2.48. The largest absolute Gasteiger partial charge is 0.497 e. The van der Waals surface area contributed by atoms with Gasteiger partial charge in [-0.15, -0.1) is 0 Å². The first-order valence-corrected chi connectivity index (χ1v) is 23.1. The van der Waals surface area contributed by atoms with Gasteiger partial charge in [-0.25, -0.2) is 14.4 Å². The number of thiocyanates is 1. The second-order valence-corrected chi connectivity index (χ2v) is 16.7. The Morgan fingerprint density at radius 1 is 0.720 bits per heavy atom. The molecule has 1 aliphatic heterocycles. The molecule has 25 heteroatoms. The van der Waals surface area contributed by atoms with Gasteiger partial charge < -0.3 is 50.3 Å². The minimum absolute atomic E-state index is 0.00922. The summed E-state index contributed by atoms with van der Waals surface area (Å²) < 4.78 is 42.5. The lowest BCUT2D eigenvalue weighted by Crippen LogP contribution is -2.22. The fourth-order valence-electron chi connectivity index (χ4n) is 8.09. The number of aromatic nitrogens is 4. The van der Waals surface area contributed by atoms with Crippen LogP contribution in [0.2, 0.25) is 0 Å². The number of nitro groups is 2. The molecule has 1 atom stereocenters. The molecule has 0 saturated heterocycles. The molecule has 7 aromatic rings. The first-order valence-electron chi connectivity index (χ1n) is 22.3. The first-order chi connectivity index (χ1) is 36.4. The van der Waals surface area contributed by atoms with Crippen LogP contribution in [0.5, 0.6) is 28.7 Å². The van der Waals surface area contributed by atoms with Crippen LogP contribution in [-0.4, -0.2) is 64.8 Å². The van der Waals surface area contributed by atoms with Gasteiger partial charge in [-0.3, -0.25) is 20.2 Å². The van der Waals surface area contributed by atoms with Crippen molar-refractivity contribution in [1.29, 1.82) is 15.8 Å². The maximum atomic E-state index is 14.6. The van der Waals surface area contributed by atoms with Crippen LogP contribution in [0.25, 0.3) is 11.1 Å². The van der Waals surface area contributed by atoms with Crippen LogP contribution in [0.4, 0.5) is 56.2 Å². The highest BCUT2D eigenvalue weighted by atomic mass is 32.2. The quantitative estimate of drug-likeness (QED) is 0.0156. The maximum Gasteiger partial charge on any atom is 0.329 e. The molecule has 0 unspecified atom stereocenters. The predicted octanol–water partition coefficient (Wildman–Crippen LogP) is 9.89. The van der Waals surface area contributed by atoms with Crippen molar-refractivity contribution in [2.45, 2.75) is 30.6 Å². The molecule has 75 heavy (non-hydrogen) atoms. The summed E-state index contributed by atoms with van der Waals surface area (Å²) in [5, 5.41) is 73.8. The van der Waals surface area contributed by atoms with Crippen LogP contribution < -0.4 is 50.3 Å². The minimum atomic E-state index is -0.735. The van der Waals surface area contributed by atoms with Gasteiger partial charge in [0.25, 0.3) is 0 Å². The van der Waals surface area contributed by atoms with Gasteiger partial charge >= 0.3 is 11.4 Å². The Balaban J connectivity index is 1.35. The van der Waals surface area contributed by atoms with Crippen LogP contribution in [0.1, 0.15) is 40.3 Å². The summed E-state index contributed by atoms with van der Waals surface area (Å²) in [6.07, 6.45) is 2.20. The van der Waals surface area contributed by atoms with E-state index in [0.29, 0.717) is 68.6 Å². The standard InChI is InChI=1S/C50H41FN14O9S/c1-70-32-10-5-29(41(18-32)72-3)22-55-36-12-7-27(20-52)43(45(36)60-49-57-24-38(64(66)67)47(62-49)59-35-15-16-74-40-14-9-31(51)17-34(35)40)44-28(21-53)8-13-37(56-23-30-6-11-33(71-2)19-42(30)73-4)46(44)61-50-58-25-39(65(68)69)48(63-50)75-26-54/h5-14,17-19,24-25,35,55-56H,15-16,22-23H2,1-4H3,(H,58,61,63)(H2,57,59,60,62)/t35-/m1/s1. The highest BCUT2D eigenvalue weighted by molar-refractivity contribution is 8.03. The Labute approximate surface area is 430 Å². The average molecular weight is 1030 g/mol. The lowest BCUT2D eigenvalue weighted by molar-refractivity contribution is -0.388. The van der Waals surface area contributed by atoms with Gasteiger partial charge in [0, 0.05) is 71.2 Å². The summed E-state index contributed by atoms with van der Waals surface area (Å²) in [7, 11) is 6.03. The Kier molecular flexibility index (Phi) is 15.6. The molecule has 378 valence electrons. The lowest BCUT2D eigenvalue weighted by atomic mass is 9.91. The van der Waals surface area contributed by atoms with E-state index in [0.717, 1.165) is 12.4 Å². The summed E-state index contributed by atoms with van der Waals surface area (Å²) in [6, 6.07) is 24.4. The molecule has 0 aliphatic carbocycles. The zero-order chi connectivity index (χ0) is 53.2. The molecule has 0 radical (unpaired) electrons. The van der Waals surface area contributed by atoms with Crippen LogP contribution in [0.15, 0.2) is 96.3 Å². The number of hydrogen-bond acceptors (Lipinski definition) is 22. The Hall–Kier alpha value is -10.2. The number of nitrogens with zero attached hydrogens (tertiary/aromatic N) is 9. The van der Waals surface area contributed by atoms with Crippen LogP contribution in [0, 0.1) is 59.4 Å². The van der Waals surface area contributed by atoms with Crippen molar-refractivity contribution >= 4 is 63.6 Å². The molecule has 0 fully saturated rings. The third kappa shape index (κ3) is 11.2. The van der Waals surface area contributed by atoms with E-state index in [-0.39, 0.29) is 82.5 Å². The molecule has 2 aromatic heterocycles. The molecule has 0 saturated carbocycles.